The molecule has 3 atom stereocenters. The number of amides is 1. The molecular formula is C15H31NO3. The second-order valence-electron chi connectivity index (χ2n) is 6.05. The highest BCUT2D eigenvalue weighted by atomic mass is 16.5. The number of carbonyl (C=O) groups excluding carboxylic acids is 1. The summed E-state index contributed by atoms with van der Waals surface area (Å²) in [5, 5.41) is 9.79. The number of ether oxygens (including phenoxy) is 1. The Morgan fingerprint density at radius 3 is 2.16 bits per heavy atom. The van der Waals surface area contributed by atoms with Gasteiger partial charge in [-0.3, -0.25) is 4.79 Å². The third-order valence-electron chi connectivity index (χ3n) is 3.74. The molecule has 1 amide bonds. The number of hydrogen-bond acceptors (Lipinski definition) is 3. The predicted molar refractivity (Wildman–Crippen MR) is 78.0 cm³/mol. The largest absolute Gasteiger partial charge is 0.390 e. The van der Waals surface area contributed by atoms with Crippen molar-refractivity contribution in [3.8, 4) is 0 Å². The van der Waals surface area contributed by atoms with Gasteiger partial charge in [0.25, 0.3) is 0 Å². The molecule has 0 fully saturated rings. The number of likely N-dealkylation sites (N-methyl/N-ethyl adjacent to an activating group) is 1. The molecule has 0 radical (unpaired) electrons. The molecule has 3 unspecified atom stereocenters. The molecule has 0 aromatic heterocycles. The fourth-order valence-corrected chi connectivity index (χ4v) is 2.45. The molecule has 0 heterocycles. The fraction of sp³-hybridized carbons (Fsp3) is 0.933. The van der Waals surface area contributed by atoms with Gasteiger partial charge in [0.1, 0.15) is 0 Å². The zero-order valence-corrected chi connectivity index (χ0v) is 13.6. The first-order valence-electron chi connectivity index (χ1n) is 7.18. The second kappa shape index (κ2) is 7.85. The van der Waals surface area contributed by atoms with Gasteiger partial charge in [-0.2, -0.15) is 0 Å². The van der Waals surface area contributed by atoms with Gasteiger partial charge in [0.2, 0.25) is 5.91 Å². The molecule has 1 N–H and O–H groups in total. The molecule has 19 heavy (non-hydrogen) atoms. The summed E-state index contributed by atoms with van der Waals surface area (Å²) in [7, 11) is 3.50. The number of nitrogens with zero attached hydrogens (tertiary/aromatic N) is 1. The first-order valence-corrected chi connectivity index (χ1v) is 7.18. The lowest BCUT2D eigenvalue weighted by atomic mass is 9.91. The minimum Gasteiger partial charge on any atom is -0.390 e. The number of carbonyl (C=O) groups is 1. The Morgan fingerprint density at radius 1 is 1.32 bits per heavy atom. The van der Waals surface area contributed by atoms with Crippen LogP contribution in [0, 0.1) is 5.92 Å². The zero-order valence-electron chi connectivity index (χ0n) is 13.6. The molecule has 4 nitrogen and oxygen atoms in total. The van der Waals surface area contributed by atoms with Gasteiger partial charge in [-0.25, -0.2) is 0 Å². The number of hydrogen-bond donors (Lipinski definition) is 1. The standard InChI is InChI=1S/C15H31NO3/c1-8-11(3)14(12(9-2)19-7)16(6)13(17)10-15(4,5)18/h11-12,14,18H,8-10H2,1-7H3. The van der Waals surface area contributed by atoms with Gasteiger partial charge in [-0.15, -0.1) is 0 Å². The third kappa shape index (κ3) is 5.91. The minimum atomic E-state index is -0.972. The van der Waals surface area contributed by atoms with E-state index in [4.69, 9.17) is 4.74 Å². The van der Waals surface area contributed by atoms with Crippen LogP contribution in [0.3, 0.4) is 0 Å². The van der Waals surface area contributed by atoms with E-state index in [0.717, 1.165) is 12.8 Å². The Balaban J connectivity index is 4.99. The first-order chi connectivity index (χ1) is 8.67. The van der Waals surface area contributed by atoms with Crippen molar-refractivity contribution in [3.63, 3.8) is 0 Å². The number of rotatable bonds is 8. The Kier molecular flexibility index (Phi) is 7.60. The zero-order chi connectivity index (χ0) is 15.2. The smallest absolute Gasteiger partial charge is 0.225 e. The average molecular weight is 273 g/mol. The van der Waals surface area contributed by atoms with Crippen molar-refractivity contribution in [1.29, 1.82) is 0 Å². The van der Waals surface area contributed by atoms with Gasteiger partial charge in [0.05, 0.1) is 24.2 Å². The van der Waals surface area contributed by atoms with Crippen molar-refractivity contribution in [1.82, 2.24) is 4.90 Å². The third-order valence-corrected chi connectivity index (χ3v) is 3.74. The number of methoxy groups -OCH3 is 1. The van der Waals surface area contributed by atoms with Crippen molar-refractivity contribution in [2.24, 2.45) is 5.92 Å². The molecule has 0 aromatic rings. The summed E-state index contributed by atoms with van der Waals surface area (Å²) < 4.78 is 5.53. The number of aliphatic hydroxyl groups is 1. The second-order valence-corrected chi connectivity index (χ2v) is 6.05. The van der Waals surface area contributed by atoms with E-state index < -0.39 is 5.60 Å². The molecule has 0 saturated heterocycles. The van der Waals surface area contributed by atoms with Gasteiger partial charge in [-0.1, -0.05) is 27.2 Å². The summed E-state index contributed by atoms with van der Waals surface area (Å²) in [5.74, 6) is 0.328. The van der Waals surface area contributed by atoms with Crippen LogP contribution in [0.4, 0.5) is 0 Å². The van der Waals surface area contributed by atoms with Gasteiger partial charge in [-0.05, 0) is 26.2 Å². The quantitative estimate of drug-likeness (QED) is 0.739. The summed E-state index contributed by atoms with van der Waals surface area (Å²) in [5.41, 5.74) is -0.972. The Bertz CT molecular complexity index is 269. The summed E-state index contributed by atoms with van der Waals surface area (Å²) in [6, 6.07) is 0.0508. The highest BCUT2D eigenvalue weighted by Crippen LogP contribution is 2.23. The summed E-state index contributed by atoms with van der Waals surface area (Å²) in [4.78, 5) is 14.0. The summed E-state index contributed by atoms with van der Waals surface area (Å²) in [6.07, 6.45) is 2.03. The summed E-state index contributed by atoms with van der Waals surface area (Å²) in [6.45, 7) is 9.64. The Hall–Kier alpha value is -0.610. The van der Waals surface area contributed by atoms with Gasteiger partial charge in [0, 0.05) is 14.2 Å². The normalized spacial score (nSPS) is 16.8. The molecular weight excluding hydrogens is 242 g/mol. The van der Waals surface area contributed by atoms with E-state index in [1.165, 1.54) is 0 Å². The fourth-order valence-electron chi connectivity index (χ4n) is 2.45. The van der Waals surface area contributed by atoms with Crippen molar-refractivity contribution < 1.29 is 14.6 Å². The van der Waals surface area contributed by atoms with Crippen LogP contribution in [-0.4, -0.2) is 47.8 Å². The molecule has 0 spiro atoms. The molecule has 0 bridgehead atoms. The van der Waals surface area contributed by atoms with Crippen molar-refractivity contribution in [2.75, 3.05) is 14.2 Å². The lowest BCUT2D eigenvalue weighted by Crippen LogP contribution is -2.50. The van der Waals surface area contributed by atoms with Crippen molar-refractivity contribution in [2.45, 2.75) is 71.6 Å². The van der Waals surface area contributed by atoms with E-state index in [2.05, 4.69) is 20.8 Å². The molecule has 0 rings (SSSR count). The molecule has 0 aromatic carbocycles. The highest BCUT2D eigenvalue weighted by Gasteiger charge is 2.33. The maximum Gasteiger partial charge on any atom is 0.225 e. The van der Waals surface area contributed by atoms with E-state index in [1.807, 2.05) is 7.05 Å². The summed E-state index contributed by atoms with van der Waals surface area (Å²) >= 11 is 0. The molecule has 0 aliphatic heterocycles. The average Bonchev–Trinajstić information content (AvgIpc) is 2.32. The van der Waals surface area contributed by atoms with Crippen LogP contribution >= 0.6 is 0 Å². The lowest BCUT2D eigenvalue weighted by molar-refractivity contribution is -0.140. The van der Waals surface area contributed by atoms with Crippen molar-refractivity contribution >= 4 is 5.91 Å². The van der Waals surface area contributed by atoms with Crippen LogP contribution in [-0.2, 0) is 9.53 Å². The maximum absolute atomic E-state index is 12.3. The van der Waals surface area contributed by atoms with E-state index in [9.17, 15) is 9.90 Å². The van der Waals surface area contributed by atoms with Gasteiger partial charge < -0.3 is 14.7 Å². The van der Waals surface area contributed by atoms with E-state index in [0.29, 0.717) is 5.92 Å². The first kappa shape index (κ1) is 18.4. The molecule has 0 aliphatic carbocycles. The van der Waals surface area contributed by atoms with E-state index >= 15 is 0 Å². The monoisotopic (exact) mass is 273 g/mol. The van der Waals surface area contributed by atoms with Crippen LogP contribution in [0.2, 0.25) is 0 Å². The molecule has 114 valence electrons. The maximum atomic E-state index is 12.3. The minimum absolute atomic E-state index is 0.0331. The Labute approximate surface area is 118 Å². The molecule has 0 saturated carbocycles. The topological polar surface area (TPSA) is 49.8 Å². The van der Waals surface area contributed by atoms with Crippen molar-refractivity contribution in [3.05, 3.63) is 0 Å². The van der Waals surface area contributed by atoms with Crippen LogP contribution in [0.1, 0.15) is 53.9 Å². The van der Waals surface area contributed by atoms with Gasteiger partial charge in [0.15, 0.2) is 0 Å². The van der Waals surface area contributed by atoms with Crippen LogP contribution in [0.15, 0.2) is 0 Å². The van der Waals surface area contributed by atoms with E-state index in [-0.39, 0.29) is 24.5 Å². The molecule has 4 heteroatoms. The van der Waals surface area contributed by atoms with Gasteiger partial charge >= 0.3 is 0 Å². The SMILES string of the molecule is CCC(C)C(C(CC)OC)N(C)C(=O)CC(C)(C)O. The predicted octanol–water partition coefficient (Wildman–Crippen LogP) is 2.45. The highest BCUT2D eigenvalue weighted by molar-refractivity contribution is 5.77. The van der Waals surface area contributed by atoms with Crippen LogP contribution in [0.5, 0.6) is 0 Å². The van der Waals surface area contributed by atoms with Crippen LogP contribution < -0.4 is 0 Å². The Morgan fingerprint density at radius 2 is 1.84 bits per heavy atom. The van der Waals surface area contributed by atoms with Crippen LogP contribution in [0.25, 0.3) is 0 Å². The molecule has 0 aliphatic rings. The lowest BCUT2D eigenvalue weighted by Gasteiger charge is -2.38. The van der Waals surface area contributed by atoms with E-state index in [1.54, 1.807) is 25.9 Å².